The summed E-state index contributed by atoms with van der Waals surface area (Å²) in [6.45, 7) is 10.5. The Morgan fingerprint density at radius 2 is 2.00 bits per heavy atom. The number of hydrogen-bond donors (Lipinski definition) is 2. The molecule has 2 heterocycles. The van der Waals surface area contributed by atoms with Gasteiger partial charge in [0.05, 0.1) is 0 Å². The molecule has 0 bridgehead atoms. The molecule has 1 amide bonds. The summed E-state index contributed by atoms with van der Waals surface area (Å²) in [5.41, 5.74) is 7.23. The van der Waals surface area contributed by atoms with Crippen molar-refractivity contribution in [1.82, 2.24) is 4.72 Å². The normalized spacial score (nSPS) is 14.9. The quantitative estimate of drug-likeness (QED) is 0.159. The number of carbonyl (C=O) groups is 1. The SMILES string of the molecule is COc1ccc2c(c1S(=O)(=O)NC(=O)C1=C[I-]c3c([c-]ccc3C)C=C1)OC(C)(C)C2.[CH-]=C(N)C=[N-].[Li+]. The van der Waals surface area contributed by atoms with E-state index in [0.29, 0.717) is 18.2 Å². The minimum absolute atomic E-state index is 0. The first kappa shape index (κ1) is 30.7. The maximum Gasteiger partial charge on any atom is 1.00 e. The number of allylic oxidation sites excluding steroid dienone is 1. The van der Waals surface area contributed by atoms with Gasteiger partial charge in [-0.3, -0.25) is 6.58 Å². The molecule has 37 heavy (non-hydrogen) atoms. The van der Waals surface area contributed by atoms with Crippen molar-refractivity contribution in [1.29, 1.82) is 0 Å². The van der Waals surface area contributed by atoms with E-state index in [1.165, 1.54) is 10.7 Å². The minimum Gasteiger partial charge on any atom is -0.909 e. The number of halogens is 1. The van der Waals surface area contributed by atoms with Crippen molar-refractivity contribution in [3.8, 4) is 11.5 Å². The fraction of sp³-hybridized carbons (Fsp3) is 0.231. The van der Waals surface area contributed by atoms with Crippen LogP contribution < -0.4 is 60.0 Å². The number of rotatable bonds is 5. The number of ether oxygens (including phenoxy) is 2. The third-order valence-electron chi connectivity index (χ3n) is 5.14. The van der Waals surface area contributed by atoms with E-state index in [4.69, 9.17) is 14.9 Å². The molecular formula is C26H26ILiN3O5S-3. The molecule has 2 aliphatic rings. The van der Waals surface area contributed by atoms with Crippen LogP contribution in [0.15, 0.2) is 50.6 Å². The molecule has 3 N–H and O–H groups in total. The van der Waals surface area contributed by atoms with E-state index in [0.717, 1.165) is 16.7 Å². The van der Waals surface area contributed by atoms with Crippen LogP contribution in [-0.2, 0) is 21.2 Å². The predicted molar refractivity (Wildman–Crippen MR) is 134 cm³/mol. The standard InChI is InChI=1S/C23H22INO5S.C3H4N2.Li/c1-14-6-5-7-15-8-9-17(13-24-19(14)15)22(26)25-31(27,28)21-18(29-4)11-10-16-12-23(2,3)30-20(16)21;1-3(5)2-4;/h5-6,8-11,13H,12H2,1-4H3,(H,25,26);1-2H,5H2;/q2*-2;+1. The number of amides is 1. The van der Waals surface area contributed by atoms with Gasteiger partial charge in [-0.15, -0.1) is 0 Å². The van der Waals surface area contributed by atoms with Crippen LogP contribution in [0.5, 0.6) is 11.5 Å². The van der Waals surface area contributed by atoms with Gasteiger partial charge in [-0.25, -0.2) is 0 Å². The van der Waals surface area contributed by atoms with Crippen molar-refractivity contribution >= 4 is 28.2 Å². The monoisotopic (exact) mass is 626 g/mol. The second-order valence-corrected chi connectivity index (χ2v) is 12.5. The number of carbonyl (C=O) groups excluding carboxylic acids is 1. The number of fused-ring (bicyclic) bond motifs is 2. The Morgan fingerprint density at radius 3 is 2.62 bits per heavy atom. The molecule has 0 fully saturated rings. The summed E-state index contributed by atoms with van der Waals surface area (Å²) in [5.74, 6) is -0.314. The van der Waals surface area contributed by atoms with Crippen molar-refractivity contribution in [2.75, 3.05) is 7.11 Å². The van der Waals surface area contributed by atoms with E-state index >= 15 is 0 Å². The van der Waals surface area contributed by atoms with E-state index in [1.807, 2.05) is 37.0 Å². The maximum atomic E-state index is 13.3. The van der Waals surface area contributed by atoms with E-state index in [1.54, 1.807) is 24.3 Å². The van der Waals surface area contributed by atoms with Gasteiger partial charge in [0.2, 0.25) is 0 Å². The molecule has 4 rings (SSSR count). The third kappa shape index (κ3) is 7.29. The minimum atomic E-state index is -4.23. The molecule has 0 unspecified atom stereocenters. The van der Waals surface area contributed by atoms with Crippen molar-refractivity contribution < 1.29 is 62.8 Å². The molecule has 0 atom stereocenters. The molecule has 8 nitrogen and oxygen atoms in total. The van der Waals surface area contributed by atoms with Crippen LogP contribution >= 0.6 is 0 Å². The van der Waals surface area contributed by atoms with Crippen LogP contribution in [0.2, 0.25) is 0 Å². The van der Waals surface area contributed by atoms with E-state index in [9.17, 15) is 13.2 Å². The number of hydrogen-bond acceptors (Lipinski definition) is 6. The van der Waals surface area contributed by atoms with Gasteiger partial charge in [-0.05, 0) is 0 Å². The first-order valence-corrected chi connectivity index (χ1v) is 14.5. The molecule has 2 aliphatic heterocycles. The zero-order valence-corrected chi connectivity index (χ0v) is 24.2. The largest absolute Gasteiger partial charge is 1.00 e. The first-order chi connectivity index (χ1) is 16.9. The van der Waals surface area contributed by atoms with E-state index < -0.39 is 42.7 Å². The predicted octanol–water partition coefficient (Wildman–Crippen LogP) is -2.90. The molecule has 0 spiro atoms. The second-order valence-electron chi connectivity index (χ2n) is 8.58. The number of nitrogens with one attached hydrogen (secondary N) is 1. The molecule has 0 radical (unpaired) electrons. The Bertz CT molecular complexity index is 1400. The number of nitrogens with zero attached hydrogens (tertiary/aromatic N) is 1. The van der Waals surface area contributed by atoms with Crippen LogP contribution in [0.4, 0.5) is 0 Å². The van der Waals surface area contributed by atoms with Crippen LogP contribution in [-0.4, -0.2) is 33.3 Å². The molecule has 0 saturated heterocycles. The molecule has 0 saturated carbocycles. The van der Waals surface area contributed by atoms with Crippen LogP contribution in [0, 0.1) is 23.1 Å². The molecule has 2 aromatic rings. The smallest absolute Gasteiger partial charge is 0.909 e. The molecular weight excluding hydrogens is 600 g/mol. The molecule has 2 aromatic carbocycles. The van der Waals surface area contributed by atoms with Gasteiger partial charge in [-0.2, -0.15) is 5.70 Å². The summed E-state index contributed by atoms with van der Waals surface area (Å²) in [6, 6.07) is 10.4. The summed E-state index contributed by atoms with van der Waals surface area (Å²) in [5, 5.41) is 7.73. The Morgan fingerprint density at radius 1 is 1.32 bits per heavy atom. The Balaban J connectivity index is 0.000000734. The van der Waals surface area contributed by atoms with Crippen molar-refractivity contribution in [3.63, 3.8) is 0 Å². The van der Waals surface area contributed by atoms with Crippen LogP contribution in [0.1, 0.15) is 30.5 Å². The Hall–Kier alpha value is -2.52. The molecule has 11 heteroatoms. The van der Waals surface area contributed by atoms with Crippen LogP contribution in [0.25, 0.3) is 11.5 Å². The van der Waals surface area contributed by atoms with Gasteiger partial charge >= 0.3 is 212 Å². The molecule has 0 aliphatic carbocycles. The van der Waals surface area contributed by atoms with E-state index in [-0.39, 0.29) is 41.0 Å². The topological polar surface area (TPSA) is 130 Å². The summed E-state index contributed by atoms with van der Waals surface area (Å²) >= 11 is -0.614. The zero-order valence-electron chi connectivity index (χ0n) is 21.3. The number of aryl methyl sites for hydroxylation is 1. The molecule has 0 aromatic heterocycles. The second kappa shape index (κ2) is 12.3. The van der Waals surface area contributed by atoms with Gasteiger partial charge in [0, 0.05) is 0 Å². The fourth-order valence-corrected chi connectivity index (χ4v) is 7.35. The maximum absolute atomic E-state index is 13.3. The van der Waals surface area contributed by atoms with Gasteiger partial charge in [0.1, 0.15) is 0 Å². The third-order valence-corrected chi connectivity index (χ3v) is 9.56. The Kier molecular flexibility index (Phi) is 10.2. The first-order valence-electron chi connectivity index (χ1n) is 10.7. The van der Waals surface area contributed by atoms with Gasteiger partial charge in [-0.1, -0.05) is 0 Å². The number of nitrogens with two attached hydrogens (primary N) is 1. The van der Waals surface area contributed by atoms with E-state index in [2.05, 4.69) is 23.1 Å². The van der Waals surface area contributed by atoms with Crippen molar-refractivity contribution in [2.24, 2.45) is 5.73 Å². The number of methoxy groups -OCH3 is 1. The number of sulfonamides is 1. The summed E-state index contributed by atoms with van der Waals surface area (Å²) < 4.78 is 42.9. The molecule has 192 valence electrons. The summed E-state index contributed by atoms with van der Waals surface area (Å²) in [7, 11) is -2.85. The van der Waals surface area contributed by atoms with Crippen LogP contribution in [0.3, 0.4) is 0 Å². The summed E-state index contributed by atoms with van der Waals surface area (Å²) in [4.78, 5) is 12.8. The van der Waals surface area contributed by atoms with Gasteiger partial charge < -0.3 is 17.4 Å². The van der Waals surface area contributed by atoms with Crippen molar-refractivity contribution in [2.45, 2.75) is 37.7 Å². The average Bonchev–Trinajstić information content (AvgIpc) is 2.97. The Labute approximate surface area is 240 Å². The summed E-state index contributed by atoms with van der Waals surface area (Å²) in [6.07, 6.45) is 4.65. The number of benzene rings is 2. The zero-order chi connectivity index (χ0) is 26.7. The van der Waals surface area contributed by atoms with Crippen molar-refractivity contribution in [3.05, 3.63) is 84.0 Å². The van der Waals surface area contributed by atoms with Gasteiger partial charge in [0.15, 0.2) is 0 Å². The fourth-order valence-electron chi connectivity index (χ4n) is 3.57. The average molecular weight is 626 g/mol. The van der Waals surface area contributed by atoms with Gasteiger partial charge in [0.25, 0.3) is 0 Å².